The number of aliphatic hydroxyl groups is 2. The zero-order chi connectivity index (χ0) is 11.3. The normalized spacial score (nSPS) is 12.7. The van der Waals surface area contributed by atoms with Gasteiger partial charge in [-0.15, -0.1) is 11.8 Å². The van der Waals surface area contributed by atoms with E-state index in [1.165, 1.54) is 11.8 Å². The molecule has 0 saturated heterocycles. The van der Waals surface area contributed by atoms with Gasteiger partial charge in [-0.2, -0.15) is 0 Å². The van der Waals surface area contributed by atoms with Crippen molar-refractivity contribution in [3.8, 4) is 0 Å². The van der Waals surface area contributed by atoms with E-state index in [9.17, 15) is 0 Å². The minimum atomic E-state index is -0.726. The van der Waals surface area contributed by atoms with Crippen molar-refractivity contribution in [1.29, 1.82) is 0 Å². The first kappa shape index (κ1) is 12.2. The minimum Gasteiger partial charge on any atom is -0.394 e. The molecule has 0 amide bonds. The molecule has 15 heavy (non-hydrogen) atoms. The molecule has 0 aliphatic rings. The number of anilines is 1. The number of aliphatic hydroxyl groups excluding tert-OH is 2. The summed E-state index contributed by atoms with van der Waals surface area (Å²) in [7, 11) is 0. The number of hydrogen-bond acceptors (Lipinski definition) is 6. The molecular weight excluding hydrogens is 214 g/mol. The van der Waals surface area contributed by atoms with Crippen LogP contribution in [0.4, 0.5) is 5.82 Å². The van der Waals surface area contributed by atoms with Gasteiger partial charge in [0.2, 0.25) is 0 Å². The quantitative estimate of drug-likeness (QED) is 0.488. The van der Waals surface area contributed by atoms with Crippen LogP contribution >= 0.6 is 11.8 Å². The van der Waals surface area contributed by atoms with Crippen LogP contribution in [-0.2, 0) is 6.42 Å². The highest BCUT2D eigenvalue weighted by molar-refractivity contribution is 7.99. The van der Waals surface area contributed by atoms with Gasteiger partial charge in [-0.25, -0.2) is 9.97 Å². The molecule has 0 bridgehead atoms. The molecule has 5 nitrogen and oxygen atoms in total. The number of rotatable bonds is 5. The molecule has 0 radical (unpaired) electrons. The molecule has 1 aromatic heterocycles. The van der Waals surface area contributed by atoms with Gasteiger partial charge in [0.25, 0.3) is 0 Å². The summed E-state index contributed by atoms with van der Waals surface area (Å²) in [5.74, 6) is 1.52. The summed E-state index contributed by atoms with van der Waals surface area (Å²) in [6.07, 6.45) is -0.00231. The Labute approximate surface area is 92.7 Å². The first-order valence-corrected chi connectivity index (χ1v) is 5.69. The van der Waals surface area contributed by atoms with E-state index in [0.29, 0.717) is 17.4 Å². The van der Waals surface area contributed by atoms with Crippen LogP contribution in [0.2, 0.25) is 0 Å². The molecule has 4 N–H and O–H groups in total. The highest BCUT2D eigenvalue weighted by Crippen LogP contribution is 2.18. The lowest BCUT2D eigenvalue weighted by molar-refractivity contribution is 0.113. The van der Waals surface area contributed by atoms with E-state index in [1.807, 2.05) is 6.92 Å². The summed E-state index contributed by atoms with van der Waals surface area (Å²) in [6, 6.07) is 1.66. The SMILES string of the molecule is CCc1nc(N)cc(SCC(O)CO)n1. The Morgan fingerprint density at radius 2 is 2.27 bits per heavy atom. The maximum absolute atomic E-state index is 9.17. The first-order chi connectivity index (χ1) is 7.15. The fourth-order valence-corrected chi connectivity index (χ4v) is 1.80. The van der Waals surface area contributed by atoms with Crippen molar-refractivity contribution in [1.82, 2.24) is 9.97 Å². The Kier molecular flexibility index (Phi) is 4.80. The van der Waals surface area contributed by atoms with Crippen molar-refractivity contribution >= 4 is 17.6 Å². The van der Waals surface area contributed by atoms with Crippen LogP contribution in [0.3, 0.4) is 0 Å². The van der Waals surface area contributed by atoms with Crippen molar-refractivity contribution in [2.75, 3.05) is 18.1 Å². The van der Waals surface area contributed by atoms with Crippen molar-refractivity contribution in [2.45, 2.75) is 24.5 Å². The number of nitrogen functional groups attached to an aromatic ring is 1. The predicted molar refractivity (Wildman–Crippen MR) is 59.6 cm³/mol. The van der Waals surface area contributed by atoms with Gasteiger partial charge in [0.1, 0.15) is 16.7 Å². The van der Waals surface area contributed by atoms with E-state index >= 15 is 0 Å². The summed E-state index contributed by atoms with van der Waals surface area (Å²) in [4.78, 5) is 8.28. The van der Waals surface area contributed by atoms with Crippen LogP contribution in [0.1, 0.15) is 12.7 Å². The van der Waals surface area contributed by atoms with Gasteiger partial charge >= 0.3 is 0 Å². The van der Waals surface area contributed by atoms with Gasteiger partial charge in [0.15, 0.2) is 0 Å². The van der Waals surface area contributed by atoms with Gasteiger partial charge in [0, 0.05) is 18.2 Å². The smallest absolute Gasteiger partial charge is 0.131 e. The van der Waals surface area contributed by atoms with E-state index < -0.39 is 6.10 Å². The number of aromatic nitrogens is 2. The van der Waals surface area contributed by atoms with Crippen LogP contribution in [0, 0.1) is 0 Å². The highest BCUT2D eigenvalue weighted by Gasteiger charge is 2.06. The third-order valence-corrected chi connectivity index (χ3v) is 2.78. The van der Waals surface area contributed by atoms with Crippen LogP contribution in [0.25, 0.3) is 0 Å². The van der Waals surface area contributed by atoms with E-state index in [4.69, 9.17) is 15.9 Å². The van der Waals surface area contributed by atoms with Crippen LogP contribution in [0.5, 0.6) is 0 Å². The second kappa shape index (κ2) is 5.89. The summed E-state index contributed by atoms with van der Waals surface area (Å²) in [6.45, 7) is 1.71. The maximum atomic E-state index is 9.17. The number of hydrogen-bond donors (Lipinski definition) is 3. The molecule has 0 fully saturated rings. The van der Waals surface area contributed by atoms with Crippen molar-refractivity contribution in [3.05, 3.63) is 11.9 Å². The molecule has 84 valence electrons. The Bertz CT molecular complexity index is 322. The topological polar surface area (TPSA) is 92.3 Å². The van der Waals surface area contributed by atoms with Gasteiger partial charge in [-0.05, 0) is 0 Å². The minimum absolute atomic E-state index is 0.242. The van der Waals surface area contributed by atoms with Gasteiger partial charge in [0.05, 0.1) is 12.7 Å². The Balaban J connectivity index is 2.64. The van der Waals surface area contributed by atoms with E-state index in [0.717, 1.165) is 11.4 Å². The fourth-order valence-electron chi connectivity index (χ4n) is 0.959. The Hall–Kier alpha value is -0.850. The molecule has 0 saturated carbocycles. The molecule has 0 aliphatic carbocycles. The molecule has 1 heterocycles. The Morgan fingerprint density at radius 1 is 1.53 bits per heavy atom. The highest BCUT2D eigenvalue weighted by atomic mass is 32.2. The molecule has 1 unspecified atom stereocenters. The average molecular weight is 229 g/mol. The van der Waals surface area contributed by atoms with E-state index in [-0.39, 0.29) is 6.61 Å². The summed E-state index contributed by atoms with van der Waals surface area (Å²) in [5, 5.41) is 18.5. The van der Waals surface area contributed by atoms with Crippen molar-refractivity contribution in [3.63, 3.8) is 0 Å². The zero-order valence-corrected chi connectivity index (χ0v) is 9.37. The van der Waals surface area contributed by atoms with Gasteiger partial charge in [-0.3, -0.25) is 0 Å². The largest absolute Gasteiger partial charge is 0.394 e. The lowest BCUT2D eigenvalue weighted by Gasteiger charge is -2.07. The second-order valence-electron chi connectivity index (χ2n) is 3.05. The summed E-state index contributed by atoms with van der Waals surface area (Å²) in [5.41, 5.74) is 5.60. The lowest BCUT2D eigenvalue weighted by atomic mass is 10.4. The van der Waals surface area contributed by atoms with Gasteiger partial charge in [-0.1, -0.05) is 6.92 Å². The number of thioether (sulfide) groups is 1. The average Bonchev–Trinajstić information content (AvgIpc) is 2.25. The van der Waals surface area contributed by atoms with Crippen LogP contribution in [-0.4, -0.2) is 38.6 Å². The molecule has 1 rings (SSSR count). The number of nitrogens with zero attached hydrogens (tertiary/aromatic N) is 2. The molecule has 0 spiro atoms. The van der Waals surface area contributed by atoms with Crippen LogP contribution in [0.15, 0.2) is 11.1 Å². The third kappa shape index (κ3) is 4.03. The molecule has 6 heteroatoms. The molecule has 0 aliphatic heterocycles. The standard InChI is InChI=1S/C9H15N3O2S/c1-2-8-11-7(10)3-9(12-8)15-5-6(14)4-13/h3,6,13-14H,2,4-5H2,1H3,(H2,10,11,12). The fraction of sp³-hybridized carbons (Fsp3) is 0.556. The summed E-state index contributed by atoms with van der Waals surface area (Å²) < 4.78 is 0. The monoisotopic (exact) mass is 229 g/mol. The van der Waals surface area contributed by atoms with Crippen LogP contribution < -0.4 is 5.73 Å². The maximum Gasteiger partial charge on any atom is 0.131 e. The molecule has 1 atom stereocenters. The number of nitrogens with two attached hydrogens (primary N) is 1. The Morgan fingerprint density at radius 3 is 2.87 bits per heavy atom. The van der Waals surface area contributed by atoms with Crippen molar-refractivity contribution in [2.24, 2.45) is 0 Å². The molecular formula is C9H15N3O2S. The predicted octanol–water partition coefficient (Wildman–Crippen LogP) is 0.0665. The first-order valence-electron chi connectivity index (χ1n) is 4.70. The van der Waals surface area contributed by atoms with E-state index in [1.54, 1.807) is 6.07 Å². The zero-order valence-electron chi connectivity index (χ0n) is 8.55. The molecule has 0 aromatic carbocycles. The second-order valence-corrected chi connectivity index (χ2v) is 4.09. The number of aryl methyl sites for hydroxylation is 1. The summed E-state index contributed by atoms with van der Waals surface area (Å²) >= 11 is 1.36. The third-order valence-electron chi connectivity index (χ3n) is 1.72. The van der Waals surface area contributed by atoms with Crippen molar-refractivity contribution < 1.29 is 10.2 Å². The lowest BCUT2D eigenvalue weighted by Crippen LogP contribution is -2.14. The van der Waals surface area contributed by atoms with Gasteiger partial charge < -0.3 is 15.9 Å². The molecule has 1 aromatic rings. The van der Waals surface area contributed by atoms with E-state index in [2.05, 4.69) is 9.97 Å².